The largest absolute Gasteiger partial charge is 0.465 e. The van der Waals surface area contributed by atoms with Gasteiger partial charge in [-0.05, 0) is 36.4 Å². The zero-order chi connectivity index (χ0) is 20.2. The Morgan fingerprint density at radius 3 is 2.22 bits per heavy atom. The maximum absolute atomic E-state index is 12.9. The van der Waals surface area contributed by atoms with Crippen molar-refractivity contribution < 1.29 is 40.2 Å². The summed E-state index contributed by atoms with van der Waals surface area (Å²) in [5.41, 5.74) is -0.272. The third-order valence-electron chi connectivity index (χ3n) is 3.20. The molecular weight excluding hydrogens is 394 g/mol. The van der Waals surface area contributed by atoms with Crippen molar-refractivity contribution in [3.05, 3.63) is 54.1 Å². The standard InChI is InChI=1S/C16H13F4NO5S/c1-25-14(22)12-4-2-3-5-13(12)27(23,24)21-10-6-8-11(9-7-10)26-16(19,20)15(17)18/h2-9,15,21H,1H3. The van der Waals surface area contributed by atoms with Crippen LogP contribution in [0.5, 0.6) is 5.75 Å². The van der Waals surface area contributed by atoms with Gasteiger partial charge in [-0.1, -0.05) is 12.1 Å². The van der Waals surface area contributed by atoms with Crippen LogP contribution in [0.1, 0.15) is 10.4 Å². The second-order valence-corrected chi connectivity index (χ2v) is 6.73. The fourth-order valence-electron chi connectivity index (χ4n) is 1.98. The first kappa shape index (κ1) is 20.5. The molecule has 0 aliphatic carbocycles. The van der Waals surface area contributed by atoms with Crippen LogP contribution in [0.2, 0.25) is 0 Å². The van der Waals surface area contributed by atoms with Gasteiger partial charge in [0.05, 0.1) is 12.7 Å². The molecule has 0 saturated carbocycles. The molecular formula is C16H13F4NO5S. The Morgan fingerprint density at radius 1 is 1.07 bits per heavy atom. The van der Waals surface area contributed by atoms with E-state index in [2.05, 4.69) is 14.2 Å². The molecule has 0 bridgehead atoms. The fourth-order valence-corrected chi connectivity index (χ4v) is 3.24. The van der Waals surface area contributed by atoms with Gasteiger partial charge in [0.1, 0.15) is 10.6 Å². The summed E-state index contributed by atoms with van der Waals surface area (Å²) in [6.45, 7) is 0. The number of benzene rings is 2. The molecule has 0 atom stereocenters. The lowest BCUT2D eigenvalue weighted by Gasteiger charge is -2.17. The Morgan fingerprint density at radius 2 is 1.67 bits per heavy atom. The van der Waals surface area contributed by atoms with Gasteiger partial charge in [0.2, 0.25) is 0 Å². The summed E-state index contributed by atoms with van der Waals surface area (Å²) in [6.07, 6.45) is -8.70. The van der Waals surface area contributed by atoms with Crippen LogP contribution in [0.3, 0.4) is 0 Å². The topological polar surface area (TPSA) is 81.7 Å². The SMILES string of the molecule is COC(=O)c1ccccc1S(=O)(=O)Nc1ccc(OC(F)(F)C(F)F)cc1. The van der Waals surface area contributed by atoms with Crippen molar-refractivity contribution in [3.63, 3.8) is 0 Å². The van der Waals surface area contributed by atoms with Crippen molar-refractivity contribution in [2.45, 2.75) is 17.4 Å². The molecule has 0 fully saturated rings. The maximum Gasteiger partial charge on any atom is 0.461 e. The number of halogens is 4. The van der Waals surface area contributed by atoms with Crippen molar-refractivity contribution in [2.75, 3.05) is 11.8 Å². The average molecular weight is 407 g/mol. The Kier molecular flexibility index (Phi) is 5.94. The lowest BCUT2D eigenvalue weighted by molar-refractivity contribution is -0.253. The van der Waals surface area contributed by atoms with E-state index < -0.39 is 34.3 Å². The van der Waals surface area contributed by atoms with Crippen molar-refractivity contribution in [1.82, 2.24) is 0 Å². The van der Waals surface area contributed by atoms with E-state index >= 15 is 0 Å². The van der Waals surface area contributed by atoms with Crippen LogP contribution in [0.25, 0.3) is 0 Å². The number of alkyl halides is 4. The van der Waals surface area contributed by atoms with Crippen molar-refractivity contribution in [3.8, 4) is 5.75 Å². The number of rotatable bonds is 7. The number of sulfonamides is 1. The number of carbonyl (C=O) groups is 1. The van der Waals surface area contributed by atoms with E-state index in [1.807, 2.05) is 0 Å². The minimum Gasteiger partial charge on any atom is -0.465 e. The quantitative estimate of drug-likeness (QED) is 0.561. The molecule has 11 heteroatoms. The monoisotopic (exact) mass is 407 g/mol. The Hall–Kier alpha value is -2.82. The summed E-state index contributed by atoms with van der Waals surface area (Å²) in [7, 11) is -3.13. The smallest absolute Gasteiger partial charge is 0.461 e. The summed E-state index contributed by atoms with van der Waals surface area (Å²) in [5.74, 6) is -1.45. The molecule has 146 valence electrons. The molecule has 2 rings (SSSR count). The second kappa shape index (κ2) is 7.82. The molecule has 0 heterocycles. The molecule has 0 aliphatic heterocycles. The van der Waals surface area contributed by atoms with Crippen LogP contribution in [0.15, 0.2) is 53.4 Å². The van der Waals surface area contributed by atoms with Crippen LogP contribution in [0.4, 0.5) is 23.2 Å². The van der Waals surface area contributed by atoms with Gasteiger partial charge in [0.25, 0.3) is 10.0 Å². The van der Waals surface area contributed by atoms with E-state index in [0.29, 0.717) is 0 Å². The second-order valence-electron chi connectivity index (χ2n) is 5.08. The van der Waals surface area contributed by atoms with E-state index in [9.17, 15) is 30.8 Å². The van der Waals surface area contributed by atoms with Crippen LogP contribution >= 0.6 is 0 Å². The van der Waals surface area contributed by atoms with Gasteiger partial charge in [-0.25, -0.2) is 13.2 Å². The van der Waals surface area contributed by atoms with Crippen molar-refractivity contribution >= 4 is 21.7 Å². The minimum absolute atomic E-state index is 0.0672. The Bertz CT molecular complexity index is 917. The molecule has 1 N–H and O–H groups in total. The Balaban J connectivity index is 2.23. The van der Waals surface area contributed by atoms with Crippen molar-refractivity contribution in [1.29, 1.82) is 0 Å². The number of esters is 1. The van der Waals surface area contributed by atoms with Crippen LogP contribution in [0, 0.1) is 0 Å². The molecule has 6 nitrogen and oxygen atoms in total. The molecule has 0 aliphatic rings. The maximum atomic E-state index is 12.9. The molecule has 0 saturated heterocycles. The van der Waals surface area contributed by atoms with Crippen LogP contribution in [-0.2, 0) is 14.8 Å². The first-order valence-corrected chi connectivity index (χ1v) is 8.70. The molecule has 2 aromatic rings. The predicted molar refractivity (Wildman–Crippen MR) is 86.6 cm³/mol. The fraction of sp³-hybridized carbons (Fsp3) is 0.188. The van der Waals surface area contributed by atoms with E-state index in [0.717, 1.165) is 31.4 Å². The highest BCUT2D eigenvalue weighted by atomic mass is 32.2. The summed E-state index contributed by atoms with van der Waals surface area (Å²) in [4.78, 5) is 11.3. The van der Waals surface area contributed by atoms with Gasteiger partial charge in [-0.15, -0.1) is 0 Å². The predicted octanol–water partition coefficient (Wildman–Crippen LogP) is 3.51. The summed E-state index contributed by atoms with van der Waals surface area (Å²) >= 11 is 0. The number of ether oxygens (including phenoxy) is 2. The molecule has 2 aromatic carbocycles. The van der Waals surface area contributed by atoms with Gasteiger partial charge in [0.15, 0.2) is 0 Å². The van der Waals surface area contributed by atoms with E-state index in [1.54, 1.807) is 0 Å². The number of hydrogen-bond acceptors (Lipinski definition) is 5. The summed E-state index contributed by atoms with van der Waals surface area (Å²) < 4.78 is 85.4. The molecule has 0 spiro atoms. The lowest BCUT2D eigenvalue weighted by Crippen LogP contribution is -2.33. The van der Waals surface area contributed by atoms with E-state index in [4.69, 9.17) is 0 Å². The molecule has 27 heavy (non-hydrogen) atoms. The number of nitrogens with one attached hydrogen (secondary N) is 1. The number of anilines is 1. The molecule has 0 amide bonds. The zero-order valence-electron chi connectivity index (χ0n) is 13.7. The Labute approximate surface area is 151 Å². The van der Waals surface area contributed by atoms with Gasteiger partial charge in [0, 0.05) is 5.69 Å². The summed E-state index contributed by atoms with van der Waals surface area (Å²) in [5, 5.41) is 0. The first-order chi connectivity index (χ1) is 12.6. The van der Waals surface area contributed by atoms with E-state index in [1.165, 1.54) is 24.3 Å². The third-order valence-corrected chi connectivity index (χ3v) is 4.64. The first-order valence-electron chi connectivity index (χ1n) is 7.22. The highest BCUT2D eigenvalue weighted by Crippen LogP contribution is 2.29. The number of carbonyl (C=O) groups excluding carboxylic acids is 1. The molecule has 0 radical (unpaired) electrons. The van der Waals surface area contributed by atoms with Gasteiger partial charge >= 0.3 is 18.5 Å². The number of methoxy groups -OCH3 is 1. The normalized spacial score (nSPS) is 11.9. The van der Waals surface area contributed by atoms with E-state index in [-0.39, 0.29) is 16.1 Å². The van der Waals surface area contributed by atoms with Gasteiger partial charge < -0.3 is 9.47 Å². The van der Waals surface area contributed by atoms with Crippen LogP contribution < -0.4 is 9.46 Å². The zero-order valence-corrected chi connectivity index (χ0v) is 14.5. The van der Waals surface area contributed by atoms with Crippen molar-refractivity contribution in [2.24, 2.45) is 0 Å². The number of hydrogen-bond donors (Lipinski definition) is 1. The highest BCUT2D eigenvalue weighted by Gasteiger charge is 2.43. The summed E-state index contributed by atoms with van der Waals surface area (Å²) in [6, 6.07) is 9.12. The third kappa shape index (κ3) is 4.88. The highest BCUT2D eigenvalue weighted by molar-refractivity contribution is 7.92. The van der Waals surface area contributed by atoms with Gasteiger partial charge in [-0.3, -0.25) is 4.72 Å². The lowest BCUT2D eigenvalue weighted by atomic mass is 10.2. The molecule has 0 aromatic heterocycles. The molecule has 0 unspecified atom stereocenters. The minimum atomic E-state index is -4.68. The van der Waals surface area contributed by atoms with Crippen LogP contribution in [-0.4, -0.2) is 34.0 Å². The average Bonchev–Trinajstić information content (AvgIpc) is 2.62. The van der Waals surface area contributed by atoms with Gasteiger partial charge in [-0.2, -0.15) is 17.6 Å².